The summed E-state index contributed by atoms with van der Waals surface area (Å²) in [5, 5.41) is 21.4. The predicted octanol–water partition coefficient (Wildman–Crippen LogP) is 2.76. The molecule has 0 radical (unpaired) electrons. The first-order chi connectivity index (χ1) is 14.8. The topological polar surface area (TPSA) is 116 Å². The van der Waals surface area contributed by atoms with E-state index in [-0.39, 0.29) is 35.6 Å². The largest absolute Gasteiger partial charge is 0.416 e. The van der Waals surface area contributed by atoms with Gasteiger partial charge in [-0.25, -0.2) is 4.98 Å². The van der Waals surface area contributed by atoms with E-state index in [1.165, 1.54) is 10.7 Å². The SMILES string of the molecule is O=C(Nc1nc2cc(C(F)(F)F)cc(NC3CC3)n2n1)c1ccc(NCCCO)nc1. The van der Waals surface area contributed by atoms with Crippen molar-refractivity contribution in [3.8, 4) is 0 Å². The van der Waals surface area contributed by atoms with Gasteiger partial charge in [-0.3, -0.25) is 10.1 Å². The van der Waals surface area contributed by atoms with Crippen LogP contribution < -0.4 is 16.0 Å². The van der Waals surface area contributed by atoms with E-state index >= 15 is 0 Å². The minimum Gasteiger partial charge on any atom is -0.396 e. The first-order valence-electron chi connectivity index (χ1n) is 9.70. The lowest BCUT2D eigenvalue weighted by atomic mass is 10.2. The van der Waals surface area contributed by atoms with Gasteiger partial charge in [0.05, 0.1) is 11.1 Å². The van der Waals surface area contributed by atoms with Crippen LogP contribution in [-0.4, -0.2) is 49.8 Å². The monoisotopic (exact) mass is 435 g/mol. The van der Waals surface area contributed by atoms with Crippen LogP contribution in [0.4, 0.5) is 30.8 Å². The highest BCUT2D eigenvalue weighted by Crippen LogP contribution is 2.33. The molecule has 0 spiro atoms. The standard InChI is InChI=1S/C19H20F3N7O2/c20-19(21,22)12-8-15(25-13-3-4-13)29-16(9-12)26-18(28-29)27-17(31)11-2-5-14(24-10-11)23-6-1-7-30/h2,5,8-10,13,25,30H,1,3-4,6-7H2,(H,23,24)(H,27,28,31). The van der Waals surface area contributed by atoms with Gasteiger partial charge in [-0.2, -0.15) is 22.7 Å². The molecule has 3 aromatic rings. The third-order valence-electron chi connectivity index (χ3n) is 4.59. The Labute approximate surface area is 174 Å². The van der Waals surface area contributed by atoms with Crippen LogP contribution in [0.2, 0.25) is 0 Å². The average molecular weight is 435 g/mol. The Hall–Kier alpha value is -3.41. The summed E-state index contributed by atoms with van der Waals surface area (Å²) in [4.78, 5) is 20.6. The third-order valence-corrected chi connectivity index (χ3v) is 4.59. The van der Waals surface area contributed by atoms with Crippen LogP contribution in [0, 0.1) is 0 Å². The fraction of sp³-hybridized carbons (Fsp3) is 0.368. The van der Waals surface area contributed by atoms with Gasteiger partial charge in [-0.1, -0.05) is 0 Å². The van der Waals surface area contributed by atoms with E-state index in [0.29, 0.717) is 18.8 Å². The fourth-order valence-corrected chi connectivity index (χ4v) is 2.84. The van der Waals surface area contributed by atoms with Gasteiger partial charge in [0.25, 0.3) is 5.91 Å². The molecule has 0 unspecified atom stereocenters. The van der Waals surface area contributed by atoms with E-state index in [4.69, 9.17) is 5.11 Å². The fourth-order valence-electron chi connectivity index (χ4n) is 2.84. The lowest BCUT2D eigenvalue weighted by Crippen LogP contribution is -2.14. The Kier molecular flexibility index (Phi) is 5.63. The number of nitrogens with one attached hydrogen (secondary N) is 3. The first-order valence-corrected chi connectivity index (χ1v) is 9.70. The van der Waals surface area contributed by atoms with Crippen molar-refractivity contribution in [3.63, 3.8) is 0 Å². The molecule has 1 saturated carbocycles. The molecule has 0 bridgehead atoms. The number of carbonyl (C=O) groups is 1. The van der Waals surface area contributed by atoms with Crippen LogP contribution in [0.3, 0.4) is 0 Å². The van der Waals surface area contributed by atoms with Gasteiger partial charge in [0.15, 0.2) is 5.65 Å². The van der Waals surface area contributed by atoms with Crippen molar-refractivity contribution in [1.82, 2.24) is 19.6 Å². The van der Waals surface area contributed by atoms with Gasteiger partial charge >= 0.3 is 6.18 Å². The van der Waals surface area contributed by atoms with Crippen molar-refractivity contribution in [2.45, 2.75) is 31.5 Å². The van der Waals surface area contributed by atoms with E-state index in [2.05, 4.69) is 31.0 Å². The molecule has 3 aromatic heterocycles. The Bertz CT molecular complexity index is 1080. The van der Waals surface area contributed by atoms with Gasteiger partial charge < -0.3 is 15.7 Å². The Morgan fingerprint density at radius 3 is 2.71 bits per heavy atom. The van der Waals surface area contributed by atoms with Crippen LogP contribution in [0.15, 0.2) is 30.5 Å². The van der Waals surface area contributed by atoms with Crippen LogP contribution in [-0.2, 0) is 6.18 Å². The van der Waals surface area contributed by atoms with Crippen molar-refractivity contribution in [2.75, 3.05) is 29.1 Å². The summed E-state index contributed by atoms with van der Waals surface area (Å²) >= 11 is 0. The number of aliphatic hydroxyl groups is 1. The minimum absolute atomic E-state index is 0.0326. The molecule has 12 heteroatoms. The van der Waals surface area contributed by atoms with Crippen LogP contribution >= 0.6 is 0 Å². The zero-order valence-corrected chi connectivity index (χ0v) is 16.3. The van der Waals surface area contributed by atoms with Crippen molar-refractivity contribution in [1.29, 1.82) is 0 Å². The van der Waals surface area contributed by atoms with Crippen molar-refractivity contribution >= 4 is 29.1 Å². The lowest BCUT2D eigenvalue weighted by molar-refractivity contribution is -0.137. The number of aliphatic hydroxyl groups excluding tert-OH is 1. The quantitative estimate of drug-likeness (QED) is 0.402. The summed E-state index contributed by atoms with van der Waals surface area (Å²) in [7, 11) is 0. The molecular formula is C19H20F3N7O2. The molecule has 4 N–H and O–H groups in total. The molecule has 1 aliphatic rings. The van der Waals surface area contributed by atoms with Crippen LogP contribution in [0.1, 0.15) is 35.2 Å². The molecule has 0 aromatic carbocycles. The number of pyridine rings is 2. The van der Waals surface area contributed by atoms with Crippen LogP contribution in [0.25, 0.3) is 5.65 Å². The van der Waals surface area contributed by atoms with Gasteiger partial charge in [0.1, 0.15) is 11.6 Å². The maximum absolute atomic E-state index is 13.2. The Morgan fingerprint density at radius 1 is 1.26 bits per heavy atom. The van der Waals surface area contributed by atoms with Gasteiger partial charge in [-0.15, -0.1) is 5.10 Å². The first kappa shape index (κ1) is 20.8. The number of fused-ring (bicyclic) bond motifs is 1. The maximum atomic E-state index is 13.2. The van der Waals surface area contributed by atoms with E-state index in [1.807, 2.05) is 0 Å². The minimum atomic E-state index is -4.53. The van der Waals surface area contributed by atoms with E-state index in [1.54, 1.807) is 12.1 Å². The zero-order valence-electron chi connectivity index (χ0n) is 16.3. The second kappa shape index (κ2) is 8.38. The summed E-state index contributed by atoms with van der Waals surface area (Å²) in [5.74, 6) is 0.0537. The van der Waals surface area contributed by atoms with Gasteiger partial charge in [0, 0.05) is 25.4 Å². The molecule has 1 aliphatic carbocycles. The molecule has 0 atom stereocenters. The summed E-state index contributed by atoms with van der Waals surface area (Å²) in [6.45, 7) is 0.596. The average Bonchev–Trinajstić information content (AvgIpc) is 3.44. The predicted molar refractivity (Wildman–Crippen MR) is 107 cm³/mol. The number of hydrogen-bond acceptors (Lipinski definition) is 7. The highest BCUT2D eigenvalue weighted by molar-refractivity contribution is 6.03. The third kappa shape index (κ3) is 5.02. The molecule has 4 rings (SSSR count). The molecule has 1 amide bonds. The van der Waals surface area contributed by atoms with Crippen LogP contribution in [0.5, 0.6) is 0 Å². The van der Waals surface area contributed by atoms with Crippen molar-refractivity contribution in [2.24, 2.45) is 0 Å². The summed E-state index contributed by atoms with van der Waals surface area (Å²) in [6, 6.07) is 5.12. The Balaban J connectivity index is 1.53. The maximum Gasteiger partial charge on any atom is 0.416 e. The number of halogens is 3. The molecule has 0 aliphatic heterocycles. The van der Waals surface area contributed by atoms with Gasteiger partial charge in [-0.05, 0) is 43.5 Å². The molecule has 31 heavy (non-hydrogen) atoms. The molecule has 3 heterocycles. The number of nitrogens with zero attached hydrogens (tertiary/aromatic N) is 4. The van der Waals surface area contributed by atoms with Gasteiger partial charge in [0.2, 0.25) is 5.95 Å². The lowest BCUT2D eigenvalue weighted by Gasteiger charge is -2.11. The van der Waals surface area contributed by atoms with E-state index < -0.39 is 17.6 Å². The van der Waals surface area contributed by atoms with Crippen molar-refractivity contribution < 1.29 is 23.1 Å². The van der Waals surface area contributed by atoms with Crippen molar-refractivity contribution in [3.05, 3.63) is 41.6 Å². The van der Waals surface area contributed by atoms with E-state index in [0.717, 1.165) is 25.0 Å². The molecule has 0 saturated heterocycles. The number of rotatable bonds is 8. The zero-order chi connectivity index (χ0) is 22.0. The number of alkyl halides is 3. The van der Waals surface area contributed by atoms with E-state index in [9.17, 15) is 18.0 Å². The molecule has 164 valence electrons. The number of anilines is 3. The molecule has 1 fully saturated rings. The number of amides is 1. The second-order valence-corrected chi connectivity index (χ2v) is 7.14. The smallest absolute Gasteiger partial charge is 0.396 e. The number of carbonyl (C=O) groups excluding carboxylic acids is 1. The summed E-state index contributed by atoms with van der Waals surface area (Å²) < 4.78 is 41.0. The summed E-state index contributed by atoms with van der Waals surface area (Å²) in [6.07, 6.45) is -0.872. The normalized spacial score (nSPS) is 13.9. The highest BCUT2D eigenvalue weighted by atomic mass is 19.4. The number of hydrogen-bond donors (Lipinski definition) is 4. The summed E-state index contributed by atoms with van der Waals surface area (Å²) in [5.41, 5.74) is -0.643. The molecular weight excluding hydrogens is 415 g/mol. The second-order valence-electron chi connectivity index (χ2n) is 7.14. The number of aromatic nitrogens is 4. The highest BCUT2D eigenvalue weighted by Gasteiger charge is 2.33. The Morgan fingerprint density at radius 2 is 2.06 bits per heavy atom. The molecule has 9 nitrogen and oxygen atoms in total.